The van der Waals surface area contributed by atoms with Crippen LogP contribution in [-0.2, 0) is 10.2 Å². The summed E-state index contributed by atoms with van der Waals surface area (Å²) in [6.07, 6.45) is 5.57. The Kier molecular flexibility index (Phi) is 6.68. The molecule has 22 heavy (non-hydrogen) atoms. The standard InChI is InChI=1S/C16H25ClN2O2S/c1-2-11-18-22(20,21)19-12-16(13-5-3-4-6-13)14-7-9-15(17)10-8-14/h7-10,13,16,18-19H,2-6,11-12H2,1H3. The summed E-state index contributed by atoms with van der Waals surface area (Å²) in [5.41, 5.74) is 1.16. The molecule has 1 aromatic rings. The monoisotopic (exact) mass is 344 g/mol. The van der Waals surface area contributed by atoms with E-state index < -0.39 is 10.2 Å². The van der Waals surface area contributed by atoms with Crippen molar-refractivity contribution >= 4 is 21.8 Å². The van der Waals surface area contributed by atoms with E-state index in [2.05, 4.69) is 9.44 Å². The number of rotatable bonds is 8. The first-order valence-electron chi connectivity index (χ1n) is 8.01. The Morgan fingerprint density at radius 3 is 2.41 bits per heavy atom. The van der Waals surface area contributed by atoms with E-state index in [0.717, 1.165) is 24.8 Å². The fraction of sp³-hybridized carbons (Fsp3) is 0.625. The van der Waals surface area contributed by atoms with Gasteiger partial charge in [0.05, 0.1) is 0 Å². The van der Waals surface area contributed by atoms with Gasteiger partial charge in [0.25, 0.3) is 10.2 Å². The second-order valence-electron chi connectivity index (χ2n) is 5.95. The zero-order valence-electron chi connectivity index (χ0n) is 13.0. The molecule has 2 rings (SSSR count). The molecule has 0 heterocycles. The SMILES string of the molecule is CCCNS(=O)(=O)NCC(c1ccc(Cl)cc1)C1CCCC1. The van der Waals surface area contributed by atoms with Crippen LogP contribution in [0.5, 0.6) is 0 Å². The maximum absolute atomic E-state index is 12.0. The molecule has 0 saturated heterocycles. The van der Waals surface area contributed by atoms with Crippen LogP contribution >= 0.6 is 11.6 Å². The second kappa shape index (κ2) is 8.29. The molecule has 0 aromatic heterocycles. The first-order chi connectivity index (χ1) is 10.5. The van der Waals surface area contributed by atoms with Crippen LogP contribution in [-0.4, -0.2) is 21.5 Å². The van der Waals surface area contributed by atoms with Crippen molar-refractivity contribution in [3.8, 4) is 0 Å². The minimum atomic E-state index is -3.41. The van der Waals surface area contributed by atoms with Gasteiger partial charge in [-0.3, -0.25) is 0 Å². The highest BCUT2D eigenvalue weighted by Crippen LogP contribution is 2.37. The van der Waals surface area contributed by atoms with E-state index >= 15 is 0 Å². The van der Waals surface area contributed by atoms with Crippen LogP contribution in [0.25, 0.3) is 0 Å². The van der Waals surface area contributed by atoms with Crippen LogP contribution in [0.4, 0.5) is 0 Å². The summed E-state index contributed by atoms with van der Waals surface area (Å²) in [6, 6.07) is 7.78. The van der Waals surface area contributed by atoms with E-state index in [4.69, 9.17) is 11.6 Å². The minimum absolute atomic E-state index is 0.206. The van der Waals surface area contributed by atoms with E-state index in [9.17, 15) is 8.42 Å². The zero-order chi connectivity index (χ0) is 16.0. The lowest BCUT2D eigenvalue weighted by atomic mass is 9.85. The van der Waals surface area contributed by atoms with Crippen LogP contribution in [0.15, 0.2) is 24.3 Å². The summed E-state index contributed by atoms with van der Waals surface area (Å²) in [4.78, 5) is 0. The molecule has 0 radical (unpaired) electrons. The van der Waals surface area contributed by atoms with Crippen molar-refractivity contribution < 1.29 is 8.42 Å². The minimum Gasteiger partial charge on any atom is -0.202 e. The Bertz CT molecular complexity index is 554. The molecule has 124 valence electrons. The predicted molar refractivity (Wildman–Crippen MR) is 91.4 cm³/mol. The molecule has 1 fully saturated rings. The molecular formula is C16H25ClN2O2S. The lowest BCUT2D eigenvalue weighted by molar-refractivity contribution is 0.427. The molecule has 6 heteroatoms. The lowest BCUT2D eigenvalue weighted by Gasteiger charge is -2.24. The number of halogens is 1. The van der Waals surface area contributed by atoms with Crippen LogP contribution in [0, 0.1) is 5.92 Å². The molecule has 4 nitrogen and oxygen atoms in total. The van der Waals surface area contributed by atoms with E-state index in [-0.39, 0.29) is 5.92 Å². The smallest absolute Gasteiger partial charge is 0.202 e. The highest BCUT2D eigenvalue weighted by Gasteiger charge is 2.27. The van der Waals surface area contributed by atoms with Gasteiger partial charge in [0.1, 0.15) is 0 Å². The molecule has 0 aliphatic heterocycles. The number of benzene rings is 1. The highest BCUT2D eigenvalue weighted by molar-refractivity contribution is 7.87. The maximum atomic E-state index is 12.0. The Labute approximate surface area is 138 Å². The average Bonchev–Trinajstić information content (AvgIpc) is 3.01. The van der Waals surface area contributed by atoms with Crippen molar-refractivity contribution in [1.29, 1.82) is 0 Å². The quantitative estimate of drug-likeness (QED) is 0.758. The molecule has 0 bridgehead atoms. The summed E-state index contributed by atoms with van der Waals surface area (Å²) in [5, 5.41) is 0.708. The fourth-order valence-corrected chi connectivity index (χ4v) is 4.21. The van der Waals surface area contributed by atoms with Crippen molar-refractivity contribution in [3.05, 3.63) is 34.9 Å². The van der Waals surface area contributed by atoms with Gasteiger partial charge >= 0.3 is 0 Å². The van der Waals surface area contributed by atoms with E-state index in [0.29, 0.717) is 24.0 Å². The van der Waals surface area contributed by atoms with E-state index in [1.807, 2.05) is 31.2 Å². The largest absolute Gasteiger partial charge is 0.276 e. The molecule has 1 saturated carbocycles. The zero-order valence-corrected chi connectivity index (χ0v) is 14.6. The van der Waals surface area contributed by atoms with Gasteiger partial charge < -0.3 is 0 Å². The Hall–Kier alpha value is -0.620. The maximum Gasteiger partial charge on any atom is 0.276 e. The Balaban J connectivity index is 2.06. The van der Waals surface area contributed by atoms with Gasteiger partial charge in [0.15, 0.2) is 0 Å². The first kappa shape index (κ1) is 17.7. The molecule has 1 aliphatic carbocycles. The third kappa shape index (κ3) is 5.23. The summed E-state index contributed by atoms with van der Waals surface area (Å²) in [7, 11) is -3.41. The van der Waals surface area contributed by atoms with Crippen LogP contribution in [0.3, 0.4) is 0 Å². The van der Waals surface area contributed by atoms with Crippen molar-refractivity contribution in [2.45, 2.75) is 44.9 Å². The van der Waals surface area contributed by atoms with Gasteiger partial charge in [-0.25, -0.2) is 9.44 Å². The third-order valence-corrected chi connectivity index (χ3v) is 5.69. The van der Waals surface area contributed by atoms with Gasteiger partial charge in [-0.05, 0) is 42.9 Å². The third-order valence-electron chi connectivity index (χ3n) is 4.30. The number of nitrogens with one attached hydrogen (secondary N) is 2. The molecule has 0 amide bonds. The summed E-state index contributed by atoms with van der Waals surface area (Å²) < 4.78 is 29.2. The molecule has 1 unspecified atom stereocenters. The Morgan fingerprint density at radius 2 is 1.82 bits per heavy atom. The highest BCUT2D eigenvalue weighted by atomic mass is 35.5. The van der Waals surface area contributed by atoms with Crippen molar-refractivity contribution in [2.24, 2.45) is 5.92 Å². The molecule has 1 aliphatic rings. The molecule has 1 aromatic carbocycles. The van der Waals surface area contributed by atoms with Gasteiger partial charge in [-0.1, -0.05) is 43.5 Å². The second-order valence-corrected chi connectivity index (χ2v) is 7.97. The number of hydrogen-bond donors (Lipinski definition) is 2. The first-order valence-corrected chi connectivity index (χ1v) is 9.87. The average molecular weight is 345 g/mol. The topological polar surface area (TPSA) is 58.2 Å². The van der Waals surface area contributed by atoms with Gasteiger partial charge in [-0.15, -0.1) is 0 Å². The summed E-state index contributed by atoms with van der Waals surface area (Å²) >= 11 is 5.96. The molecule has 1 atom stereocenters. The Morgan fingerprint density at radius 1 is 1.18 bits per heavy atom. The van der Waals surface area contributed by atoms with E-state index in [1.165, 1.54) is 12.8 Å². The number of hydrogen-bond acceptors (Lipinski definition) is 2. The molecular weight excluding hydrogens is 320 g/mol. The van der Waals surface area contributed by atoms with Gasteiger partial charge in [-0.2, -0.15) is 8.42 Å². The molecule has 0 spiro atoms. The summed E-state index contributed by atoms with van der Waals surface area (Å²) in [6.45, 7) is 2.84. The molecule has 2 N–H and O–H groups in total. The van der Waals surface area contributed by atoms with Crippen LogP contribution in [0.1, 0.15) is 50.5 Å². The van der Waals surface area contributed by atoms with Gasteiger partial charge in [0.2, 0.25) is 0 Å². The normalized spacial score (nSPS) is 17.7. The fourth-order valence-electron chi connectivity index (χ4n) is 3.11. The van der Waals surface area contributed by atoms with Gasteiger partial charge in [0, 0.05) is 24.0 Å². The van der Waals surface area contributed by atoms with E-state index in [1.54, 1.807) is 0 Å². The van der Waals surface area contributed by atoms with Crippen LogP contribution < -0.4 is 9.44 Å². The van der Waals surface area contributed by atoms with Crippen molar-refractivity contribution in [2.75, 3.05) is 13.1 Å². The lowest BCUT2D eigenvalue weighted by Crippen LogP contribution is -2.39. The predicted octanol–water partition coefficient (Wildman–Crippen LogP) is 3.45. The van der Waals surface area contributed by atoms with Crippen molar-refractivity contribution in [1.82, 2.24) is 9.44 Å². The summed E-state index contributed by atoms with van der Waals surface area (Å²) in [5.74, 6) is 0.744. The van der Waals surface area contributed by atoms with Crippen LogP contribution in [0.2, 0.25) is 5.02 Å². The van der Waals surface area contributed by atoms with Crippen molar-refractivity contribution in [3.63, 3.8) is 0 Å².